The number of hydrogen-bond donors (Lipinski definition) is 0. The topological polar surface area (TPSA) is 9.23 Å². The number of hydrogen-bond acceptors (Lipinski definition) is 1. The van der Waals surface area contributed by atoms with Gasteiger partial charge in [-0.25, -0.2) is 0 Å². The molecule has 1 atom stereocenters. The Hall–Kier alpha value is -1.56. The average molecular weight is 325 g/mol. The summed E-state index contributed by atoms with van der Waals surface area (Å²) in [6.07, 6.45) is -5.70. The van der Waals surface area contributed by atoms with Crippen molar-refractivity contribution in [2.75, 3.05) is 7.11 Å². The van der Waals surface area contributed by atoms with Gasteiger partial charge in [-0.1, -0.05) is 18.2 Å². The van der Waals surface area contributed by atoms with Gasteiger partial charge in [0.05, 0.1) is 7.11 Å². The zero-order chi connectivity index (χ0) is 15.8. The molecule has 0 aliphatic heterocycles. The van der Waals surface area contributed by atoms with E-state index in [-0.39, 0.29) is 5.56 Å². The molecule has 0 aliphatic carbocycles. The van der Waals surface area contributed by atoms with Gasteiger partial charge in [-0.2, -0.15) is 22.0 Å². The summed E-state index contributed by atoms with van der Waals surface area (Å²) in [4.78, 5) is 0. The second-order valence-electron chi connectivity index (χ2n) is 4.46. The monoisotopic (exact) mass is 324 g/mol. The number of fused-ring (bicyclic) bond motifs is 1. The van der Waals surface area contributed by atoms with Crippen molar-refractivity contribution >= 4 is 22.4 Å². The smallest absolute Gasteiger partial charge is 0.455 e. The van der Waals surface area contributed by atoms with Crippen molar-refractivity contribution in [2.24, 2.45) is 0 Å². The highest BCUT2D eigenvalue weighted by Crippen LogP contribution is 2.48. The summed E-state index contributed by atoms with van der Waals surface area (Å²) >= 11 is 5.35. The zero-order valence-corrected chi connectivity index (χ0v) is 11.5. The average Bonchev–Trinajstić information content (AvgIpc) is 2.44. The molecule has 1 nitrogen and oxygen atoms in total. The second kappa shape index (κ2) is 5.33. The summed E-state index contributed by atoms with van der Waals surface area (Å²) in [5, 5.41) is -1.33. The molecule has 0 heterocycles. The quantitative estimate of drug-likeness (QED) is 0.548. The van der Waals surface area contributed by atoms with E-state index in [4.69, 9.17) is 16.3 Å². The van der Waals surface area contributed by atoms with Crippen LogP contribution in [0.4, 0.5) is 22.0 Å². The van der Waals surface area contributed by atoms with Crippen molar-refractivity contribution in [1.82, 2.24) is 0 Å². The van der Waals surface area contributed by atoms with Gasteiger partial charge in [-0.15, -0.1) is 11.6 Å². The molecule has 0 N–H and O–H groups in total. The van der Waals surface area contributed by atoms with Gasteiger partial charge in [0.1, 0.15) is 11.1 Å². The Labute approximate surface area is 122 Å². The molecule has 1 unspecified atom stereocenters. The molecule has 2 aromatic rings. The molecule has 0 spiro atoms. The van der Waals surface area contributed by atoms with Crippen LogP contribution in [0, 0.1) is 0 Å². The van der Waals surface area contributed by atoms with Crippen LogP contribution in [0.25, 0.3) is 10.8 Å². The van der Waals surface area contributed by atoms with Crippen LogP contribution < -0.4 is 4.74 Å². The van der Waals surface area contributed by atoms with E-state index in [2.05, 4.69) is 0 Å². The predicted octanol–water partition coefficient (Wildman–Crippen LogP) is 5.33. The van der Waals surface area contributed by atoms with Crippen molar-refractivity contribution in [3.63, 3.8) is 0 Å². The lowest BCUT2D eigenvalue weighted by molar-refractivity contribution is -0.283. The van der Waals surface area contributed by atoms with Gasteiger partial charge >= 0.3 is 12.1 Å². The van der Waals surface area contributed by atoms with E-state index in [1.54, 1.807) is 18.2 Å². The van der Waals surface area contributed by atoms with E-state index < -0.39 is 17.5 Å². The number of halogens is 6. The third kappa shape index (κ3) is 2.90. The van der Waals surface area contributed by atoms with Gasteiger partial charge in [0.15, 0.2) is 0 Å². The lowest BCUT2D eigenvalue weighted by atomic mass is 10.0. The van der Waals surface area contributed by atoms with E-state index in [1.807, 2.05) is 0 Å². The summed E-state index contributed by atoms with van der Waals surface area (Å²) in [6, 6.07) is 8.58. The Kier molecular flexibility index (Phi) is 4.02. The Morgan fingerprint density at radius 2 is 1.52 bits per heavy atom. The minimum atomic E-state index is -5.70. The van der Waals surface area contributed by atoms with Gasteiger partial charge < -0.3 is 4.74 Å². The summed E-state index contributed by atoms with van der Waals surface area (Å²) < 4.78 is 68.5. The minimum absolute atomic E-state index is 0.295. The molecule has 7 heteroatoms. The molecular formula is C14H10ClF5O. The normalized spacial score (nSPS) is 14.2. The number of alkyl halides is 6. The van der Waals surface area contributed by atoms with Crippen LogP contribution in [0.2, 0.25) is 0 Å². The zero-order valence-electron chi connectivity index (χ0n) is 10.7. The Morgan fingerprint density at radius 1 is 0.952 bits per heavy atom. The minimum Gasteiger partial charge on any atom is -0.497 e. The van der Waals surface area contributed by atoms with Crippen molar-refractivity contribution in [3.8, 4) is 5.75 Å². The van der Waals surface area contributed by atoms with E-state index in [1.165, 1.54) is 19.2 Å². The van der Waals surface area contributed by atoms with Crippen LogP contribution in [0.3, 0.4) is 0 Å². The fourth-order valence-electron chi connectivity index (χ4n) is 1.88. The first-order valence-corrected chi connectivity index (χ1v) is 6.27. The molecule has 0 saturated heterocycles. The van der Waals surface area contributed by atoms with Crippen LogP contribution in [0.1, 0.15) is 10.9 Å². The number of rotatable bonds is 3. The van der Waals surface area contributed by atoms with Crippen LogP contribution in [-0.4, -0.2) is 19.2 Å². The highest BCUT2D eigenvalue weighted by molar-refractivity contribution is 6.21. The number of benzene rings is 2. The van der Waals surface area contributed by atoms with Crippen LogP contribution in [-0.2, 0) is 0 Å². The van der Waals surface area contributed by atoms with Gasteiger partial charge in [-0.05, 0) is 34.5 Å². The maximum atomic E-state index is 13.3. The SMILES string of the molecule is COc1ccc2cc(C(Cl)C(F)(F)C(F)(F)F)ccc2c1. The molecule has 0 radical (unpaired) electrons. The maximum Gasteiger partial charge on any atom is 0.455 e. The summed E-state index contributed by atoms with van der Waals surface area (Å²) in [5.41, 5.74) is -0.295. The van der Waals surface area contributed by atoms with Crippen molar-refractivity contribution < 1.29 is 26.7 Å². The maximum absolute atomic E-state index is 13.3. The summed E-state index contributed by atoms with van der Waals surface area (Å²) in [6.45, 7) is 0. The molecule has 0 saturated carbocycles. The molecule has 114 valence electrons. The first-order valence-electron chi connectivity index (χ1n) is 5.83. The third-order valence-electron chi connectivity index (χ3n) is 3.06. The van der Waals surface area contributed by atoms with E-state index in [0.29, 0.717) is 16.5 Å². The fourth-order valence-corrected chi connectivity index (χ4v) is 2.14. The number of ether oxygens (including phenoxy) is 1. The van der Waals surface area contributed by atoms with Crippen LogP contribution >= 0.6 is 11.6 Å². The summed E-state index contributed by atoms with van der Waals surface area (Å²) in [7, 11) is 1.47. The van der Waals surface area contributed by atoms with Crippen molar-refractivity contribution in [1.29, 1.82) is 0 Å². The van der Waals surface area contributed by atoms with Crippen molar-refractivity contribution in [2.45, 2.75) is 17.5 Å². The fraction of sp³-hybridized carbons (Fsp3) is 0.286. The molecule has 0 amide bonds. The van der Waals surface area contributed by atoms with Crippen molar-refractivity contribution in [3.05, 3.63) is 42.0 Å². The van der Waals surface area contributed by atoms with E-state index >= 15 is 0 Å². The van der Waals surface area contributed by atoms with Gasteiger partial charge in [-0.3, -0.25) is 0 Å². The highest BCUT2D eigenvalue weighted by Gasteiger charge is 2.62. The standard InChI is InChI=1S/C14H10ClF5O/c1-21-11-5-4-8-6-10(3-2-9(8)7-11)12(15)13(16,17)14(18,19)20/h2-7,12H,1H3. The lowest BCUT2D eigenvalue weighted by Crippen LogP contribution is -2.40. The molecule has 0 aliphatic rings. The molecule has 2 aromatic carbocycles. The van der Waals surface area contributed by atoms with Gasteiger partial charge in [0.2, 0.25) is 0 Å². The lowest BCUT2D eigenvalue weighted by Gasteiger charge is -2.24. The molecule has 0 fully saturated rings. The highest BCUT2D eigenvalue weighted by atomic mass is 35.5. The Bertz CT molecular complexity index is 653. The molecular weight excluding hydrogens is 315 g/mol. The second-order valence-corrected chi connectivity index (χ2v) is 4.89. The first kappa shape index (κ1) is 15.8. The predicted molar refractivity (Wildman–Crippen MR) is 70.1 cm³/mol. The summed E-state index contributed by atoms with van der Waals surface area (Å²) in [5.74, 6) is -4.45. The van der Waals surface area contributed by atoms with E-state index in [0.717, 1.165) is 6.07 Å². The van der Waals surface area contributed by atoms with Gasteiger partial charge in [0.25, 0.3) is 0 Å². The molecule has 0 bridgehead atoms. The van der Waals surface area contributed by atoms with Crippen LogP contribution in [0.5, 0.6) is 5.75 Å². The number of methoxy groups -OCH3 is 1. The Balaban J connectivity index is 2.43. The molecule has 21 heavy (non-hydrogen) atoms. The largest absolute Gasteiger partial charge is 0.497 e. The first-order chi connectivity index (χ1) is 9.66. The third-order valence-corrected chi connectivity index (χ3v) is 3.59. The van der Waals surface area contributed by atoms with Gasteiger partial charge in [0, 0.05) is 0 Å². The molecule has 0 aromatic heterocycles. The molecule has 2 rings (SSSR count). The van der Waals surface area contributed by atoms with Crippen LogP contribution in [0.15, 0.2) is 36.4 Å². The Morgan fingerprint density at radius 3 is 2.10 bits per heavy atom. The van der Waals surface area contributed by atoms with E-state index in [9.17, 15) is 22.0 Å².